The molecule has 3 saturated heterocycles. The van der Waals surface area contributed by atoms with E-state index in [1.165, 1.54) is 6.42 Å². The van der Waals surface area contributed by atoms with Crippen LogP contribution in [-0.2, 0) is 4.79 Å². The summed E-state index contributed by atoms with van der Waals surface area (Å²) in [5.41, 5.74) is 0.357. The first-order valence-corrected chi connectivity index (χ1v) is 11.4. The van der Waals surface area contributed by atoms with E-state index in [1.54, 1.807) is 25.3 Å². The van der Waals surface area contributed by atoms with Gasteiger partial charge in [-0.1, -0.05) is 24.9 Å². The molecule has 0 bridgehead atoms. The predicted octanol–water partition coefficient (Wildman–Crippen LogP) is 3.19. The number of rotatable bonds is 5. The molecule has 3 aliphatic heterocycles. The maximum Gasteiger partial charge on any atom is 0.257 e. The maximum atomic E-state index is 13.1. The van der Waals surface area contributed by atoms with Gasteiger partial charge in [-0.2, -0.15) is 0 Å². The molecule has 0 radical (unpaired) electrons. The third kappa shape index (κ3) is 3.69. The van der Waals surface area contributed by atoms with Crippen LogP contribution in [0.25, 0.3) is 0 Å². The number of likely N-dealkylation sites (tertiary alicyclic amines) is 2. The second-order valence-corrected chi connectivity index (χ2v) is 9.52. The lowest BCUT2D eigenvalue weighted by Crippen LogP contribution is -2.56. The molecule has 3 heterocycles. The Kier molecular flexibility index (Phi) is 5.99. The average molecular weight is 434 g/mol. The molecule has 0 aliphatic carbocycles. The Hall–Kier alpha value is -1.79. The van der Waals surface area contributed by atoms with Gasteiger partial charge in [0.15, 0.2) is 0 Å². The first-order chi connectivity index (χ1) is 14.4. The van der Waals surface area contributed by atoms with E-state index in [1.807, 2.05) is 4.90 Å². The summed E-state index contributed by atoms with van der Waals surface area (Å²) in [5.74, 6) is 1.09. The van der Waals surface area contributed by atoms with E-state index in [0.29, 0.717) is 41.4 Å². The Labute approximate surface area is 183 Å². The zero-order valence-electron chi connectivity index (χ0n) is 18.1. The van der Waals surface area contributed by atoms with Gasteiger partial charge in [-0.3, -0.25) is 14.5 Å². The summed E-state index contributed by atoms with van der Waals surface area (Å²) in [7, 11) is 1.55. The average Bonchev–Trinajstić information content (AvgIpc) is 3.29. The SMILES string of the molecule is CCCC(C)N1C[C@H]2C(=O)NC3(CCN(C(=O)c4ccc(Cl)cc4OC)CC3)[C@H]2C1. The topological polar surface area (TPSA) is 61.9 Å². The number of halogens is 1. The molecule has 4 rings (SSSR count). The van der Waals surface area contributed by atoms with Crippen molar-refractivity contribution in [1.82, 2.24) is 15.1 Å². The Morgan fingerprint density at radius 2 is 2.07 bits per heavy atom. The van der Waals surface area contributed by atoms with Crippen molar-refractivity contribution in [2.45, 2.75) is 51.1 Å². The van der Waals surface area contributed by atoms with E-state index < -0.39 is 0 Å². The van der Waals surface area contributed by atoms with Crippen molar-refractivity contribution in [3.63, 3.8) is 0 Å². The van der Waals surface area contributed by atoms with Crippen molar-refractivity contribution >= 4 is 23.4 Å². The van der Waals surface area contributed by atoms with Crippen molar-refractivity contribution in [3.05, 3.63) is 28.8 Å². The molecule has 1 N–H and O–H groups in total. The normalized spacial score (nSPS) is 26.5. The van der Waals surface area contributed by atoms with Gasteiger partial charge >= 0.3 is 0 Å². The fourth-order valence-corrected chi connectivity index (χ4v) is 5.83. The van der Waals surface area contributed by atoms with Crippen molar-refractivity contribution in [3.8, 4) is 5.75 Å². The van der Waals surface area contributed by atoms with Gasteiger partial charge in [0.05, 0.1) is 18.6 Å². The van der Waals surface area contributed by atoms with Crippen LogP contribution in [0, 0.1) is 11.8 Å². The van der Waals surface area contributed by atoms with E-state index >= 15 is 0 Å². The number of ether oxygens (including phenoxy) is 1. The molecule has 30 heavy (non-hydrogen) atoms. The molecule has 3 fully saturated rings. The van der Waals surface area contributed by atoms with Gasteiger partial charge in [0.2, 0.25) is 5.91 Å². The molecule has 3 aliphatic rings. The first-order valence-electron chi connectivity index (χ1n) is 11.1. The van der Waals surface area contributed by atoms with Crippen molar-refractivity contribution in [2.24, 2.45) is 11.8 Å². The molecule has 1 aromatic rings. The van der Waals surface area contributed by atoms with E-state index in [4.69, 9.17) is 16.3 Å². The van der Waals surface area contributed by atoms with Crippen LogP contribution in [0.15, 0.2) is 18.2 Å². The minimum absolute atomic E-state index is 0.0381. The summed E-state index contributed by atoms with van der Waals surface area (Å²) >= 11 is 6.04. The van der Waals surface area contributed by atoms with E-state index in [9.17, 15) is 9.59 Å². The van der Waals surface area contributed by atoms with Gasteiger partial charge in [0.1, 0.15) is 5.75 Å². The maximum absolute atomic E-state index is 13.1. The first kappa shape index (κ1) is 21.4. The highest BCUT2D eigenvalue weighted by Crippen LogP contribution is 2.45. The molecule has 1 unspecified atom stereocenters. The Morgan fingerprint density at radius 3 is 2.73 bits per heavy atom. The number of benzene rings is 1. The minimum atomic E-state index is -0.177. The number of nitrogens with zero attached hydrogens (tertiary/aromatic N) is 2. The Morgan fingerprint density at radius 1 is 1.33 bits per heavy atom. The van der Waals surface area contributed by atoms with Crippen molar-refractivity contribution in [1.29, 1.82) is 0 Å². The molecule has 1 aromatic carbocycles. The molecule has 1 spiro atoms. The van der Waals surface area contributed by atoms with Crippen LogP contribution in [-0.4, -0.2) is 66.5 Å². The number of carbonyl (C=O) groups is 2. The highest BCUT2D eigenvalue weighted by Gasteiger charge is 2.57. The molecule has 3 atom stereocenters. The van der Waals surface area contributed by atoms with E-state index in [2.05, 4.69) is 24.1 Å². The number of carbonyl (C=O) groups excluding carboxylic acids is 2. The van der Waals surface area contributed by atoms with Crippen LogP contribution in [0.1, 0.15) is 49.9 Å². The standard InChI is InChI=1S/C23H32ClN3O3/c1-4-5-15(2)27-13-18-19(14-27)23(25-21(18)28)8-10-26(11-9-23)22(29)17-7-6-16(24)12-20(17)30-3/h6-7,12,15,18-19H,4-5,8-11,13-14H2,1-3H3,(H,25,28)/t15?,18-,19+/m1/s1. The van der Waals surface area contributed by atoms with E-state index in [-0.39, 0.29) is 23.3 Å². The second-order valence-electron chi connectivity index (χ2n) is 9.09. The van der Waals surface area contributed by atoms with Gasteiger partial charge in [0, 0.05) is 48.7 Å². The number of piperidine rings is 1. The van der Waals surface area contributed by atoms with Crippen molar-refractivity contribution < 1.29 is 14.3 Å². The molecule has 6 nitrogen and oxygen atoms in total. The fraction of sp³-hybridized carbons (Fsp3) is 0.652. The fourth-order valence-electron chi connectivity index (χ4n) is 5.67. The summed E-state index contributed by atoms with van der Waals surface area (Å²) < 4.78 is 5.36. The summed E-state index contributed by atoms with van der Waals surface area (Å²) in [6.07, 6.45) is 3.93. The summed E-state index contributed by atoms with van der Waals surface area (Å²) in [5, 5.41) is 3.89. The van der Waals surface area contributed by atoms with Crippen LogP contribution >= 0.6 is 11.6 Å². The third-order valence-electron chi connectivity index (χ3n) is 7.43. The van der Waals surface area contributed by atoms with Crippen LogP contribution in [0.3, 0.4) is 0 Å². The minimum Gasteiger partial charge on any atom is -0.496 e. The van der Waals surface area contributed by atoms with Crippen molar-refractivity contribution in [2.75, 3.05) is 33.3 Å². The Balaban J connectivity index is 1.45. The number of hydrogen-bond acceptors (Lipinski definition) is 4. The van der Waals surface area contributed by atoms with Gasteiger partial charge < -0.3 is 15.0 Å². The van der Waals surface area contributed by atoms with E-state index in [0.717, 1.165) is 32.4 Å². The third-order valence-corrected chi connectivity index (χ3v) is 7.67. The highest BCUT2D eigenvalue weighted by atomic mass is 35.5. The van der Waals surface area contributed by atoms with Gasteiger partial charge in [-0.25, -0.2) is 0 Å². The molecular weight excluding hydrogens is 402 g/mol. The summed E-state index contributed by atoms with van der Waals surface area (Å²) in [4.78, 5) is 30.2. The molecule has 164 valence electrons. The molecular formula is C23H32ClN3O3. The van der Waals surface area contributed by atoms with Gasteiger partial charge in [-0.15, -0.1) is 0 Å². The van der Waals surface area contributed by atoms with Crippen LogP contribution < -0.4 is 10.1 Å². The smallest absolute Gasteiger partial charge is 0.257 e. The summed E-state index contributed by atoms with van der Waals surface area (Å²) in [6, 6.07) is 5.64. The molecule has 2 amide bonds. The zero-order chi connectivity index (χ0) is 21.5. The number of fused-ring (bicyclic) bond motifs is 2. The zero-order valence-corrected chi connectivity index (χ0v) is 18.9. The lowest BCUT2D eigenvalue weighted by molar-refractivity contribution is -0.123. The highest BCUT2D eigenvalue weighted by molar-refractivity contribution is 6.30. The largest absolute Gasteiger partial charge is 0.496 e. The Bertz CT molecular complexity index is 822. The number of nitrogens with one attached hydrogen (secondary N) is 1. The second kappa shape index (κ2) is 8.39. The number of hydrogen-bond donors (Lipinski definition) is 1. The number of amides is 2. The van der Waals surface area contributed by atoms with Crippen LogP contribution in [0.2, 0.25) is 5.02 Å². The van der Waals surface area contributed by atoms with Crippen LogP contribution in [0.4, 0.5) is 0 Å². The molecule has 0 saturated carbocycles. The van der Waals surface area contributed by atoms with Crippen LogP contribution in [0.5, 0.6) is 5.75 Å². The van der Waals surface area contributed by atoms with Gasteiger partial charge in [-0.05, 0) is 44.4 Å². The summed E-state index contributed by atoms with van der Waals surface area (Å²) in [6.45, 7) is 7.60. The predicted molar refractivity (Wildman–Crippen MR) is 117 cm³/mol. The molecule has 7 heteroatoms. The lowest BCUT2D eigenvalue weighted by Gasteiger charge is -2.43. The number of methoxy groups -OCH3 is 1. The monoisotopic (exact) mass is 433 g/mol. The quantitative estimate of drug-likeness (QED) is 0.774. The lowest BCUT2D eigenvalue weighted by atomic mass is 9.75. The molecule has 0 aromatic heterocycles. The van der Waals surface area contributed by atoms with Gasteiger partial charge in [0.25, 0.3) is 5.91 Å².